The minimum atomic E-state index is -1.53. The van der Waals surface area contributed by atoms with Crippen LogP contribution in [-0.2, 0) is 9.47 Å². The zero-order chi connectivity index (χ0) is 26.9. The van der Waals surface area contributed by atoms with E-state index in [2.05, 4.69) is 11.9 Å². The van der Waals surface area contributed by atoms with Gasteiger partial charge in [-0.2, -0.15) is 0 Å². The smallest absolute Gasteiger partial charge is 0.330 e. The Morgan fingerprint density at radius 2 is 1.73 bits per heavy atom. The number of hydrogen-bond acceptors (Lipinski definition) is 9. The number of benzene rings is 1. The molecule has 12 nitrogen and oxygen atoms in total. The predicted molar refractivity (Wildman–Crippen MR) is 133 cm³/mol. The van der Waals surface area contributed by atoms with Gasteiger partial charge in [0.05, 0.1) is 17.1 Å². The largest absolute Gasteiger partial charge is 0.394 e. The van der Waals surface area contributed by atoms with E-state index in [0.717, 1.165) is 30.3 Å². The van der Waals surface area contributed by atoms with Crippen molar-refractivity contribution in [2.75, 3.05) is 13.2 Å². The van der Waals surface area contributed by atoms with Crippen molar-refractivity contribution in [1.29, 1.82) is 0 Å². The number of aliphatic hydroxyl groups excluding tert-OH is 3. The molecule has 0 saturated carbocycles. The van der Waals surface area contributed by atoms with Crippen LogP contribution in [0.1, 0.15) is 75.3 Å². The van der Waals surface area contributed by atoms with Gasteiger partial charge >= 0.3 is 5.69 Å². The van der Waals surface area contributed by atoms with Crippen LogP contribution in [0.2, 0.25) is 0 Å². The number of aromatic nitrogens is 2. The third-order valence-corrected chi connectivity index (χ3v) is 6.51. The van der Waals surface area contributed by atoms with Gasteiger partial charge in [0.25, 0.3) is 11.2 Å². The van der Waals surface area contributed by atoms with Crippen LogP contribution >= 0.6 is 0 Å². The van der Waals surface area contributed by atoms with Gasteiger partial charge in [-0.15, -0.1) is 0 Å². The molecule has 4 N–H and O–H groups in total. The molecule has 1 aliphatic heterocycles. The van der Waals surface area contributed by atoms with Gasteiger partial charge in [0.1, 0.15) is 24.4 Å². The Bertz CT molecular complexity index is 1130. The molecule has 0 radical (unpaired) electrons. The number of H-pyrrole nitrogens is 1. The predicted octanol–water partition coefficient (Wildman–Crippen LogP) is 1.91. The number of hydrogen-bond donors (Lipinski definition) is 4. The lowest BCUT2D eigenvalue weighted by Gasteiger charge is -2.22. The summed E-state index contributed by atoms with van der Waals surface area (Å²) in [5.41, 5.74) is -1.24. The van der Waals surface area contributed by atoms with Crippen molar-refractivity contribution in [2.45, 2.75) is 82.5 Å². The SMILES string of the molecule is CCCCCCCCCOC(c1ccc([N+](=O)[O-])cc1)c1cn([C@@H]2O[C@H](CO)[C@@H](O)[C@H]2O)c(=O)[nH]c1=O. The summed E-state index contributed by atoms with van der Waals surface area (Å²) in [6, 6.07) is 5.56. The molecule has 1 aromatic heterocycles. The molecule has 37 heavy (non-hydrogen) atoms. The fourth-order valence-electron chi connectivity index (χ4n) is 4.38. The Kier molecular flexibility index (Phi) is 10.5. The number of nitrogens with zero attached hydrogens (tertiary/aromatic N) is 2. The van der Waals surface area contributed by atoms with E-state index in [-0.39, 0.29) is 11.3 Å². The second-order valence-corrected chi connectivity index (χ2v) is 9.20. The summed E-state index contributed by atoms with van der Waals surface area (Å²) >= 11 is 0. The summed E-state index contributed by atoms with van der Waals surface area (Å²) in [5.74, 6) is 0. The van der Waals surface area contributed by atoms with Crippen LogP contribution in [0.4, 0.5) is 5.69 Å². The van der Waals surface area contributed by atoms with Crippen molar-refractivity contribution in [2.24, 2.45) is 0 Å². The lowest BCUT2D eigenvalue weighted by molar-refractivity contribution is -0.384. The minimum Gasteiger partial charge on any atom is -0.394 e. The van der Waals surface area contributed by atoms with Crippen LogP contribution < -0.4 is 11.2 Å². The van der Waals surface area contributed by atoms with E-state index < -0.39 is 53.4 Å². The Labute approximate surface area is 213 Å². The summed E-state index contributed by atoms with van der Waals surface area (Å²) in [7, 11) is 0. The second kappa shape index (κ2) is 13.6. The standard InChI is InChI=1S/C25H35N3O9/c1-2-3-4-5-6-7-8-13-36-22(16-9-11-17(12-10-16)28(34)35)18-14-27(25(33)26-23(18)32)24-21(31)20(30)19(15-29)37-24/h9-12,14,19-22,24,29-31H,2-8,13,15H2,1H3,(H,26,32,33)/t19-,20-,21-,22?,24-/m1/s1. The maximum atomic E-state index is 12.8. The number of nitro benzene ring substituents is 1. The molecule has 1 fully saturated rings. The molecule has 2 heterocycles. The number of non-ortho nitro benzene ring substituents is 1. The number of aromatic amines is 1. The second-order valence-electron chi connectivity index (χ2n) is 9.20. The first-order chi connectivity index (χ1) is 17.8. The average Bonchev–Trinajstić information content (AvgIpc) is 3.17. The first-order valence-corrected chi connectivity index (χ1v) is 12.6. The van der Waals surface area contributed by atoms with Gasteiger partial charge in [-0.25, -0.2) is 4.79 Å². The molecule has 0 bridgehead atoms. The molecule has 0 spiro atoms. The molecule has 0 amide bonds. The highest BCUT2D eigenvalue weighted by Gasteiger charge is 2.44. The van der Waals surface area contributed by atoms with Gasteiger partial charge in [0.15, 0.2) is 6.23 Å². The molecule has 1 unspecified atom stereocenters. The Hall–Kier alpha value is -2.90. The fraction of sp³-hybridized carbons (Fsp3) is 0.600. The van der Waals surface area contributed by atoms with Crippen molar-refractivity contribution >= 4 is 5.69 Å². The topological polar surface area (TPSA) is 177 Å². The van der Waals surface area contributed by atoms with Crippen LogP contribution in [0.5, 0.6) is 0 Å². The first kappa shape index (κ1) is 28.7. The van der Waals surface area contributed by atoms with Crippen molar-refractivity contribution in [3.05, 3.63) is 72.5 Å². The normalized spacial score (nSPS) is 22.3. The summed E-state index contributed by atoms with van der Waals surface area (Å²) in [4.78, 5) is 38.2. The lowest BCUT2D eigenvalue weighted by atomic mass is 10.0. The van der Waals surface area contributed by atoms with Gasteiger partial charge in [-0.1, -0.05) is 45.4 Å². The highest BCUT2D eigenvalue weighted by molar-refractivity contribution is 5.36. The molecule has 5 atom stereocenters. The monoisotopic (exact) mass is 521 g/mol. The average molecular weight is 522 g/mol. The molecule has 1 aromatic carbocycles. The highest BCUT2D eigenvalue weighted by atomic mass is 16.6. The molecular formula is C25H35N3O9. The number of rotatable bonds is 14. The molecule has 2 aromatic rings. The molecule has 204 valence electrons. The van der Waals surface area contributed by atoms with Gasteiger partial charge in [0, 0.05) is 24.9 Å². The first-order valence-electron chi connectivity index (χ1n) is 12.6. The lowest BCUT2D eigenvalue weighted by Crippen LogP contribution is -2.39. The van der Waals surface area contributed by atoms with Crippen LogP contribution in [0.25, 0.3) is 0 Å². The summed E-state index contributed by atoms with van der Waals surface area (Å²) < 4.78 is 12.5. The molecule has 0 aliphatic carbocycles. The molecule has 1 saturated heterocycles. The Balaban J connectivity index is 1.87. The van der Waals surface area contributed by atoms with E-state index in [1.807, 2.05) is 0 Å². The highest BCUT2D eigenvalue weighted by Crippen LogP contribution is 2.30. The third kappa shape index (κ3) is 7.11. The summed E-state index contributed by atoms with van der Waals surface area (Å²) in [6.07, 6.45) is 2.22. The number of nitro groups is 1. The number of nitrogens with one attached hydrogen (secondary N) is 1. The van der Waals surface area contributed by atoms with Gasteiger partial charge in [-0.05, 0) is 24.1 Å². The Morgan fingerprint density at radius 3 is 2.32 bits per heavy atom. The molecule has 12 heteroatoms. The summed E-state index contributed by atoms with van der Waals surface area (Å²) in [5, 5.41) is 40.9. The van der Waals surface area contributed by atoms with Crippen molar-refractivity contribution < 1.29 is 29.7 Å². The van der Waals surface area contributed by atoms with E-state index >= 15 is 0 Å². The van der Waals surface area contributed by atoms with Crippen molar-refractivity contribution in [3.63, 3.8) is 0 Å². The molecule has 1 aliphatic rings. The third-order valence-electron chi connectivity index (χ3n) is 6.51. The van der Waals surface area contributed by atoms with Crippen LogP contribution in [0.3, 0.4) is 0 Å². The van der Waals surface area contributed by atoms with E-state index in [9.17, 15) is 35.0 Å². The van der Waals surface area contributed by atoms with Gasteiger partial charge in [-0.3, -0.25) is 24.5 Å². The van der Waals surface area contributed by atoms with Gasteiger partial charge < -0.3 is 24.8 Å². The van der Waals surface area contributed by atoms with Crippen LogP contribution in [0.15, 0.2) is 40.1 Å². The van der Waals surface area contributed by atoms with E-state index in [4.69, 9.17) is 9.47 Å². The zero-order valence-corrected chi connectivity index (χ0v) is 20.8. The van der Waals surface area contributed by atoms with Crippen LogP contribution in [0, 0.1) is 10.1 Å². The van der Waals surface area contributed by atoms with Gasteiger partial charge in [0.2, 0.25) is 0 Å². The quantitative estimate of drug-likeness (QED) is 0.164. The summed E-state index contributed by atoms with van der Waals surface area (Å²) in [6.45, 7) is 1.89. The zero-order valence-electron chi connectivity index (χ0n) is 20.8. The molecule has 3 rings (SSSR count). The minimum absolute atomic E-state index is 0.0223. The maximum absolute atomic E-state index is 12.8. The maximum Gasteiger partial charge on any atom is 0.330 e. The number of unbranched alkanes of at least 4 members (excludes halogenated alkanes) is 6. The fourth-order valence-corrected chi connectivity index (χ4v) is 4.38. The van der Waals surface area contributed by atoms with E-state index in [0.29, 0.717) is 12.2 Å². The Morgan fingerprint density at radius 1 is 1.08 bits per heavy atom. The van der Waals surface area contributed by atoms with Crippen LogP contribution in [-0.4, -0.2) is 61.3 Å². The number of aliphatic hydroxyl groups is 3. The number of ether oxygens (including phenoxy) is 2. The van der Waals surface area contributed by atoms with E-state index in [1.54, 1.807) is 0 Å². The molecular weight excluding hydrogens is 486 g/mol. The van der Waals surface area contributed by atoms with Crippen molar-refractivity contribution in [1.82, 2.24) is 9.55 Å². The van der Waals surface area contributed by atoms with Crippen molar-refractivity contribution in [3.8, 4) is 0 Å². The van der Waals surface area contributed by atoms with E-state index in [1.165, 1.54) is 49.7 Å².